The first-order chi connectivity index (χ1) is 4.12. The summed E-state index contributed by atoms with van der Waals surface area (Å²) in [5.74, 6) is 0.612. The predicted molar refractivity (Wildman–Crippen MR) is 48.8 cm³/mol. The quantitative estimate of drug-likeness (QED) is 0.462. The summed E-state index contributed by atoms with van der Waals surface area (Å²) in [4.78, 5) is 0. The number of hydrogen-bond donors (Lipinski definition) is 0. The zero-order valence-electron chi connectivity index (χ0n) is 6.08. The van der Waals surface area contributed by atoms with Gasteiger partial charge in [0, 0.05) is 20.6 Å². The fourth-order valence-corrected chi connectivity index (χ4v) is 1.23. The Hall–Kier alpha value is 0.797. The molecule has 0 radical (unpaired) electrons. The maximum absolute atomic E-state index is 6.03. The van der Waals surface area contributed by atoms with Crippen LogP contribution in [0.1, 0.15) is 26.2 Å². The minimum absolute atomic E-state index is 0.0302. The third kappa shape index (κ3) is 5.25. The summed E-state index contributed by atoms with van der Waals surface area (Å²) in [6.45, 7) is 2.17. The van der Waals surface area contributed by atoms with Crippen molar-refractivity contribution < 1.29 is 0 Å². The van der Waals surface area contributed by atoms with E-state index >= 15 is 0 Å². The Morgan fingerprint density at radius 3 is 2.44 bits per heavy atom. The summed E-state index contributed by atoms with van der Waals surface area (Å²) in [5.41, 5.74) is 0. The fourth-order valence-electron chi connectivity index (χ4n) is 0.612. The molecule has 9 heavy (non-hydrogen) atoms. The van der Waals surface area contributed by atoms with Gasteiger partial charge in [-0.15, -0.1) is 23.2 Å². The lowest BCUT2D eigenvalue weighted by Crippen LogP contribution is -2.23. The van der Waals surface area contributed by atoms with Crippen LogP contribution in [0.2, 0.25) is 0 Å². The average molecular weight is 185 g/mol. The Morgan fingerprint density at radius 1 is 1.56 bits per heavy atom. The summed E-state index contributed by atoms with van der Waals surface area (Å²) in [6, 6.07) is 0. The molecule has 0 aliphatic heterocycles. The Bertz CT molecular complexity index is 73.5. The SMILES string of the molecule is CCCCC([SiH3])(Cl)CCl. The van der Waals surface area contributed by atoms with E-state index in [1.54, 1.807) is 0 Å². The fraction of sp³-hybridized carbons (Fsp3) is 1.00. The Balaban J connectivity index is 3.33. The highest BCUT2D eigenvalue weighted by Crippen LogP contribution is 2.19. The molecule has 56 valence electrons. The molecular formula is C6H14Cl2Si. The zero-order chi connectivity index (χ0) is 7.33. The molecule has 3 heteroatoms. The van der Waals surface area contributed by atoms with Crippen LogP contribution in [-0.4, -0.2) is 20.6 Å². The van der Waals surface area contributed by atoms with Crippen molar-refractivity contribution in [3.8, 4) is 0 Å². The number of hydrogen-bond acceptors (Lipinski definition) is 0. The first kappa shape index (κ1) is 9.80. The van der Waals surface area contributed by atoms with Crippen LogP contribution in [0, 0.1) is 0 Å². The van der Waals surface area contributed by atoms with E-state index in [9.17, 15) is 0 Å². The van der Waals surface area contributed by atoms with Crippen molar-refractivity contribution in [1.29, 1.82) is 0 Å². The van der Waals surface area contributed by atoms with Crippen molar-refractivity contribution in [2.24, 2.45) is 0 Å². The van der Waals surface area contributed by atoms with Gasteiger partial charge >= 0.3 is 0 Å². The zero-order valence-corrected chi connectivity index (χ0v) is 9.60. The molecule has 0 aromatic heterocycles. The molecule has 0 aromatic carbocycles. The van der Waals surface area contributed by atoms with Crippen molar-refractivity contribution in [1.82, 2.24) is 0 Å². The normalized spacial score (nSPS) is 17.7. The van der Waals surface area contributed by atoms with Crippen LogP contribution in [0.15, 0.2) is 0 Å². The molecule has 1 atom stereocenters. The third-order valence-electron chi connectivity index (χ3n) is 1.33. The van der Waals surface area contributed by atoms with Gasteiger partial charge in [0.15, 0.2) is 0 Å². The summed E-state index contributed by atoms with van der Waals surface area (Å²) < 4.78 is -0.0302. The van der Waals surface area contributed by atoms with Crippen molar-refractivity contribution >= 4 is 33.4 Å². The van der Waals surface area contributed by atoms with Gasteiger partial charge in [0.1, 0.15) is 0 Å². The van der Waals surface area contributed by atoms with Crippen LogP contribution < -0.4 is 0 Å². The summed E-state index contributed by atoms with van der Waals surface area (Å²) in [6.07, 6.45) is 3.51. The van der Waals surface area contributed by atoms with E-state index in [-0.39, 0.29) is 4.50 Å². The first-order valence-electron chi connectivity index (χ1n) is 3.37. The number of alkyl halides is 2. The van der Waals surface area contributed by atoms with E-state index in [1.165, 1.54) is 12.8 Å². The lowest BCUT2D eigenvalue weighted by molar-refractivity contribution is 0.674. The molecule has 0 spiro atoms. The molecule has 0 heterocycles. The summed E-state index contributed by atoms with van der Waals surface area (Å²) in [5, 5.41) is 0. The molecule has 0 N–H and O–H groups in total. The largest absolute Gasteiger partial charge is 0.125 e. The van der Waals surface area contributed by atoms with Gasteiger partial charge in [-0.1, -0.05) is 19.8 Å². The van der Waals surface area contributed by atoms with E-state index in [1.807, 2.05) is 0 Å². The summed E-state index contributed by atoms with van der Waals surface area (Å²) >= 11 is 11.7. The topological polar surface area (TPSA) is 0 Å². The van der Waals surface area contributed by atoms with Gasteiger partial charge in [-0.3, -0.25) is 0 Å². The molecular weight excluding hydrogens is 171 g/mol. The van der Waals surface area contributed by atoms with Crippen LogP contribution in [-0.2, 0) is 0 Å². The maximum atomic E-state index is 6.03. The Labute approximate surface area is 70.3 Å². The van der Waals surface area contributed by atoms with Crippen molar-refractivity contribution in [3.63, 3.8) is 0 Å². The molecule has 1 unspecified atom stereocenters. The molecule has 0 rings (SSSR count). The van der Waals surface area contributed by atoms with E-state index in [4.69, 9.17) is 23.2 Å². The first-order valence-corrected chi connectivity index (χ1v) is 5.28. The highest BCUT2D eigenvalue weighted by molar-refractivity contribution is 6.48. The van der Waals surface area contributed by atoms with Crippen molar-refractivity contribution in [2.45, 2.75) is 30.7 Å². The summed E-state index contributed by atoms with van der Waals surface area (Å²) in [7, 11) is 0.997. The highest BCUT2D eigenvalue weighted by atomic mass is 35.5. The maximum Gasteiger partial charge on any atom is 0.0406 e. The second-order valence-corrected chi connectivity index (χ2v) is 6.38. The van der Waals surface area contributed by atoms with E-state index in [2.05, 4.69) is 6.92 Å². The van der Waals surface area contributed by atoms with Crippen LogP contribution in [0.25, 0.3) is 0 Å². The number of halogens is 2. The molecule has 0 aliphatic carbocycles. The lowest BCUT2D eigenvalue weighted by atomic mass is 10.2. The smallest absolute Gasteiger partial charge is 0.0406 e. The van der Waals surface area contributed by atoms with Gasteiger partial charge in [0.2, 0.25) is 0 Å². The number of rotatable bonds is 4. The van der Waals surface area contributed by atoms with Gasteiger partial charge in [-0.25, -0.2) is 0 Å². The van der Waals surface area contributed by atoms with Crippen LogP contribution >= 0.6 is 23.2 Å². The Morgan fingerprint density at radius 2 is 2.11 bits per heavy atom. The van der Waals surface area contributed by atoms with Gasteiger partial charge in [-0.05, 0) is 6.42 Å². The van der Waals surface area contributed by atoms with E-state index < -0.39 is 0 Å². The van der Waals surface area contributed by atoms with Gasteiger partial charge in [-0.2, -0.15) is 0 Å². The number of unbranched alkanes of at least 4 members (excludes halogenated alkanes) is 1. The van der Waals surface area contributed by atoms with Gasteiger partial charge in [0.25, 0.3) is 0 Å². The van der Waals surface area contributed by atoms with Gasteiger partial charge < -0.3 is 0 Å². The monoisotopic (exact) mass is 184 g/mol. The van der Waals surface area contributed by atoms with E-state index in [0.29, 0.717) is 5.88 Å². The van der Waals surface area contributed by atoms with Gasteiger partial charge in [0.05, 0.1) is 0 Å². The third-order valence-corrected chi connectivity index (χ3v) is 3.68. The van der Waals surface area contributed by atoms with Crippen molar-refractivity contribution in [3.05, 3.63) is 0 Å². The molecule has 0 saturated carbocycles. The van der Waals surface area contributed by atoms with Crippen LogP contribution in [0.3, 0.4) is 0 Å². The molecule has 0 aromatic rings. The molecule has 0 fully saturated rings. The molecule has 0 aliphatic rings. The Kier molecular flexibility index (Phi) is 4.99. The highest BCUT2D eigenvalue weighted by Gasteiger charge is 2.17. The average Bonchev–Trinajstić information content (AvgIpc) is 1.84. The molecule has 0 saturated heterocycles. The standard InChI is InChI=1S/C6H14Cl2Si/c1-2-3-4-6(8,9)5-7/h2-5H2,1,9H3. The second-order valence-electron chi connectivity index (χ2n) is 2.65. The molecule has 0 nitrogen and oxygen atoms in total. The minimum atomic E-state index is -0.0302. The molecule has 0 amide bonds. The van der Waals surface area contributed by atoms with Crippen LogP contribution in [0.4, 0.5) is 0 Å². The van der Waals surface area contributed by atoms with E-state index in [0.717, 1.165) is 16.7 Å². The lowest BCUT2D eigenvalue weighted by Gasteiger charge is -2.17. The van der Waals surface area contributed by atoms with Crippen molar-refractivity contribution in [2.75, 3.05) is 5.88 Å². The second kappa shape index (κ2) is 4.59. The minimum Gasteiger partial charge on any atom is -0.125 e. The molecule has 0 bridgehead atoms. The van der Waals surface area contributed by atoms with Crippen LogP contribution in [0.5, 0.6) is 0 Å². The predicted octanol–water partition coefficient (Wildman–Crippen LogP) is 1.72.